The number of oxazole rings is 1. The molecule has 0 N–H and O–H groups in total. The van der Waals surface area contributed by atoms with Crippen LogP contribution in [0.15, 0.2) is 53.4 Å². The Bertz CT molecular complexity index is 790. The SMILES string of the molecule is COc1cc(CCl)ccc1OCc1coc(Cc2ccncc2)n1. The van der Waals surface area contributed by atoms with Crippen molar-refractivity contribution in [3.8, 4) is 11.5 Å². The van der Waals surface area contributed by atoms with E-state index in [9.17, 15) is 0 Å². The summed E-state index contributed by atoms with van der Waals surface area (Å²) in [7, 11) is 1.60. The Hall–Kier alpha value is -2.53. The van der Waals surface area contributed by atoms with Crippen LogP contribution in [0.2, 0.25) is 0 Å². The maximum absolute atomic E-state index is 5.83. The topological polar surface area (TPSA) is 57.4 Å². The van der Waals surface area contributed by atoms with E-state index in [1.165, 1.54) is 0 Å². The van der Waals surface area contributed by atoms with Crippen LogP contribution in [-0.4, -0.2) is 17.1 Å². The van der Waals surface area contributed by atoms with Crippen molar-refractivity contribution in [2.24, 2.45) is 0 Å². The van der Waals surface area contributed by atoms with Gasteiger partial charge in [-0.25, -0.2) is 4.98 Å². The van der Waals surface area contributed by atoms with E-state index in [1.54, 1.807) is 25.8 Å². The van der Waals surface area contributed by atoms with Crippen LogP contribution in [-0.2, 0) is 18.9 Å². The van der Waals surface area contributed by atoms with Crippen LogP contribution >= 0.6 is 11.6 Å². The predicted octanol–water partition coefficient (Wildman–Crippen LogP) is 3.99. The van der Waals surface area contributed by atoms with Gasteiger partial charge < -0.3 is 13.9 Å². The quantitative estimate of drug-likeness (QED) is 0.607. The molecule has 0 aliphatic rings. The molecule has 24 heavy (non-hydrogen) atoms. The lowest BCUT2D eigenvalue weighted by Crippen LogP contribution is -1.99. The summed E-state index contributed by atoms with van der Waals surface area (Å²) >= 11 is 5.83. The smallest absolute Gasteiger partial charge is 0.198 e. The van der Waals surface area contributed by atoms with Crippen LogP contribution in [0.4, 0.5) is 0 Å². The highest BCUT2D eigenvalue weighted by atomic mass is 35.5. The molecular weight excluding hydrogens is 328 g/mol. The molecule has 0 spiro atoms. The van der Waals surface area contributed by atoms with Crippen LogP contribution in [0.5, 0.6) is 11.5 Å². The van der Waals surface area contributed by atoms with E-state index in [2.05, 4.69) is 9.97 Å². The zero-order valence-electron chi connectivity index (χ0n) is 13.2. The molecule has 0 unspecified atom stereocenters. The monoisotopic (exact) mass is 344 g/mol. The lowest BCUT2D eigenvalue weighted by molar-refractivity contribution is 0.280. The molecule has 124 valence electrons. The van der Waals surface area contributed by atoms with E-state index in [0.717, 1.165) is 16.8 Å². The van der Waals surface area contributed by atoms with E-state index in [1.807, 2.05) is 30.3 Å². The molecule has 0 radical (unpaired) electrons. The number of benzene rings is 1. The van der Waals surface area contributed by atoms with Gasteiger partial charge in [-0.15, -0.1) is 11.6 Å². The number of hydrogen-bond donors (Lipinski definition) is 0. The lowest BCUT2D eigenvalue weighted by Gasteiger charge is -2.10. The Balaban J connectivity index is 1.63. The molecule has 6 heteroatoms. The lowest BCUT2D eigenvalue weighted by atomic mass is 10.2. The molecule has 3 rings (SSSR count). The normalized spacial score (nSPS) is 10.6. The maximum Gasteiger partial charge on any atom is 0.198 e. The van der Waals surface area contributed by atoms with Gasteiger partial charge in [0, 0.05) is 24.7 Å². The Morgan fingerprint density at radius 1 is 1.08 bits per heavy atom. The minimum atomic E-state index is 0.302. The highest BCUT2D eigenvalue weighted by molar-refractivity contribution is 6.17. The van der Waals surface area contributed by atoms with Crippen molar-refractivity contribution >= 4 is 11.6 Å². The summed E-state index contributed by atoms with van der Waals surface area (Å²) in [6.45, 7) is 0.302. The van der Waals surface area contributed by atoms with Gasteiger partial charge in [0.1, 0.15) is 18.6 Å². The van der Waals surface area contributed by atoms with Crippen molar-refractivity contribution in [2.75, 3.05) is 7.11 Å². The molecule has 2 aromatic heterocycles. The Labute approximate surface area is 145 Å². The van der Waals surface area contributed by atoms with Crippen molar-refractivity contribution in [3.05, 3.63) is 71.7 Å². The summed E-state index contributed by atoms with van der Waals surface area (Å²) in [6.07, 6.45) is 5.73. The van der Waals surface area contributed by atoms with Crippen LogP contribution in [0.3, 0.4) is 0 Å². The molecule has 0 saturated carbocycles. The third-order valence-electron chi connectivity index (χ3n) is 3.46. The minimum absolute atomic E-state index is 0.302. The number of methoxy groups -OCH3 is 1. The summed E-state index contributed by atoms with van der Waals surface area (Å²) in [5.74, 6) is 2.36. The number of halogens is 1. The molecule has 5 nitrogen and oxygen atoms in total. The second kappa shape index (κ2) is 7.84. The summed E-state index contributed by atoms with van der Waals surface area (Å²) in [5, 5.41) is 0. The maximum atomic E-state index is 5.83. The van der Waals surface area contributed by atoms with Gasteiger partial charge in [0.05, 0.1) is 7.11 Å². The van der Waals surface area contributed by atoms with Gasteiger partial charge in [-0.2, -0.15) is 0 Å². The molecule has 0 atom stereocenters. The molecule has 0 aliphatic heterocycles. The molecule has 0 fully saturated rings. The van der Waals surface area contributed by atoms with Crippen molar-refractivity contribution in [2.45, 2.75) is 18.9 Å². The number of rotatable bonds is 7. The fourth-order valence-corrected chi connectivity index (χ4v) is 2.40. The van der Waals surface area contributed by atoms with Crippen molar-refractivity contribution < 1.29 is 13.9 Å². The molecule has 0 amide bonds. The standard InChI is InChI=1S/C18H17ClN2O3/c1-22-17-8-14(10-19)2-3-16(17)23-11-15-12-24-18(21-15)9-13-4-6-20-7-5-13/h2-8,12H,9-11H2,1H3. The third-order valence-corrected chi connectivity index (χ3v) is 3.77. The van der Waals surface area contributed by atoms with Gasteiger partial charge >= 0.3 is 0 Å². The Morgan fingerprint density at radius 2 is 1.92 bits per heavy atom. The first-order chi connectivity index (χ1) is 11.8. The second-order valence-corrected chi connectivity index (χ2v) is 5.44. The fourth-order valence-electron chi connectivity index (χ4n) is 2.24. The molecule has 3 aromatic rings. The highest BCUT2D eigenvalue weighted by Gasteiger charge is 2.09. The average molecular weight is 345 g/mol. The fraction of sp³-hybridized carbons (Fsp3) is 0.222. The zero-order valence-corrected chi connectivity index (χ0v) is 14.0. The van der Waals surface area contributed by atoms with Crippen molar-refractivity contribution in [3.63, 3.8) is 0 Å². The van der Waals surface area contributed by atoms with E-state index in [4.69, 9.17) is 25.5 Å². The number of pyridine rings is 1. The van der Waals surface area contributed by atoms with Gasteiger partial charge in [0.25, 0.3) is 0 Å². The number of ether oxygens (including phenoxy) is 2. The summed E-state index contributed by atoms with van der Waals surface area (Å²) in [4.78, 5) is 8.43. The van der Waals surface area contributed by atoms with Crippen molar-refractivity contribution in [1.29, 1.82) is 0 Å². The Kier molecular flexibility index (Phi) is 5.33. The predicted molar refractivity (Wildman–Crippen MR) is 90.4 cm³/mol. The first kappa shape index (κ1) is 16.3. The van der Waals surface area contributed by atoms with Crippen LogP contribution < -0.4 is 9.47 Å². The molecule has 0 saturated heterocycles. The summed E-state index contributed by atoms with van der Waals surface area (Å²) < 4.78 is 16.6. The van der Waals surface area contributed by atoms with Gasteiger partial charge in [-0.3, -0.25) is 4.98 Å². The van der Waals surface area contributed by atoms with Gasteiger partial charge in [-0.1, -0.05) is 6.07 Å². The number of aromatic nitrogens is 2. The molecule has 2 heterocycles. The molecule has 0 bridgehead atoms. The largest absolute Gasteiger partial charge is 0.493 e. The van der Waals surface area contributed by atoms with E-state index >= 15 is 0 Å². The van der Waals surface area contributed by atoms with Crippen LogP contribution in [0, 0.1) is 0 Å². The van der Waals surface area contributed by atoms with Gasteiger partial charge in [-0.05, 0) is 35.4 Å². The third kappa shape index (κ3) is 4.06. The summed E-state index contributed by atoms with van der Waals surface area (Å²) in [6, 6.07) is 9.48. The number of hydrogen-bond acceptors (Lipinski definition) is 5. The summed E-state index contributed by atoms with van der Waals surface area (Å²) in [5.41, 5.74) is 2.79. The van der Waals surface area contributed by atoms with Gasteiger partial charge in [0.15, 0.2) is 17.4 Å². The van der Waals surface area contributed by atoms with E-state index in [-0.39, 0.29) is 0 Å². The second-order valence-electron chi connectivity index (χ2n) is 5.17. The van der Waals surface area contributed by atoms with E-state index in [0.29, 0.717) is 36.3 Å². The zero-order chi connectivity index (χ0) is 16.8. The first-order valence-electron chi connectivity index (χ1n) is 7.46. The minimum Gasteiger partial charge on any atom is -0.493 e. The van der Waals surface area contributed by atoms with Crippen LogP contribution in [0.25, 0.3) is 0 Å². The number of nitrogens with zero attached hydrogens (tertiary/aromatic N) is 2. The highest BCUT2D eigenvalue weighted by Crippen LogP contribution is 2.29. The van der Waals surface area contributed by atoms with E-state index < -0.39 is 0 Å². The number of alkyl halides is 1. The Morgan fingerprint density at radius 3 is 2.67 bits per heavy atom. The first-order valence-corrected chi connectivity index (χ1v) is 8.00. The molecule has 0 aliphatic carbocycles. The van der Waals surface area contributed by atoms with Crippen LogP contribution in [0.1, 0.15) is 22.7 Å². The van der Waals surface area contributed by atoms with Gasteiger partial charge in [0.2, 0.25) is 0 Å². The molecule has 1 aromatic carbocycles. The molecular formula is C18H17ClN2O3. The van der Waals surface area contributed by atoms with Crippen molar-refractivity contribution in [1.82, 2.24) is 9.97 Å². The average Bonchev–Trinajstić information content (AvgIpc) is 3.08.